The molecule has 0 aliphatic rings. The molecule has 0 radical (unpaired) electrons. The van der Waals surface area contributed by atoms with Crippen LogP contribution < -0.4 is 0 Å². The molecule has 1 aromatic heterocycles. The third kappa shape index (κ3) is 6.21. The van der Waals surface area contributed by atoms with Crippen LogP contribution in [-0.2, 0) is 16.1 Å². The SMILES string of the molecule is C=CC(OC)[C@@H](O)[C@H](C)/C=C(/C)COCc1ccccn1. The van der Waals surface area contributed by atoms with Crippen LogP contribution in [0.5, 0.6) is 0 Å². The highest BCUT2D eigenvalue weighted by molar-refractivity contribution is 5.05. The van der Waals surface area contributed by atoms with Gasteiger partial charge in [0, 0.05) is 19.2 Å². The van der Waals surface area contributed by atoms with E-state index >= 15 is 0 Å². The predicted molar refractivity (Wildman–Crippen MR) is 83.8 cm³/mol. The average molecular weight is 291 g/mol. The highest BCUT2D eigenvalue weighted by atomic mass is 16.5. The molecule has 1 rings (SSSR count). The minimum Gasteiger partial charge on any atom is -0.389 e. The Hall–Kier alpha value is -1.49. The summed E-state index contributed by atoms with van der Waals surface area (Å²) in [5.41, 5.74) is 1.97. The zero-order chi connectivity index (χ0) is 15.7. The summed E-state index contributed by atoms with van der Waals surface area (Å²) >= 11 is 0. The summed E-state index contributed by atoms with van der Waals surface area (Å²) in [5.74, 6) is -0.0357. The van der Waals surface area contributed by atoms with Crippen LogP contribution in [0.1, 0.15) is 19.5 Å². The monoisotopic (exact) mass is 291 g/mol. The van der Waals surface area contributed by atoms with E-state index in [1.165, 1.54) is 0 Å². The van der Waals surface area contributed by atoms with Gasteiger partial charge in [0.25, 0.3) is 0 Å². The molecule has 0 amide bonds. The Kier molecular flexibility index (Phi) is 7.90. The van der Waals surface area contributed by atoms with E-state index in [4.69, 9.17) is 9.47 Å². The number of hydrogen-bond acceptors (Lipinski definition) is 4. The maximum absolute atomic E-state index is 10.1. The lowest BCUT2D eigenvalue weighted by molar-refractivity contribution is -0.00171. The van der Waals surface area contributed by atoms with Gasteiger partial charge in [0.05, 0.1) is 25.0 Å². The zero-order valence-electron chi connectivity index (χ0n) is 13.0. The molecule has 1 heterocycles. The minimum atomic E-state index is -0.613. The quantitative estimate of drug-likeness (QED) is 0.711. The van der Waals surface area contributed by atoms with Gasteiger partial charge >= 0.3 is 0 Å². The van der Waals surface area contributed by atoms with Gasteiger partial charge in [0.15, 0.2) is 0 Å². The van der Waals surface area contributed by atoms with Crippen LogP contribution in [0, 0.1) is 5.92 Å². The van der Waals surface area contributed by atoms with Crippen molar-refractivity contribution in [2.75, 3.05) is 13.7 Å². The average Bonchev–Trinajstić information content (AvgIpc) is 2.49. The first-order valence-electron chi connectivity index (χ1n) is 7.06. The first-order valence-corrected chi connectivity index (χ1v) is 7.06. The molecule has 0 aromatic carbocycles. The molecule has 0 saturated heterocycles. The Balaban J connectivity index is 2.43. The smallest absolute Gasteiger partial charge is 0.101 e. The van der Waals surface area contributed by atoms with Crippen LogP contribution in [0.15, 0.2) is 48.7 Å². The number of aliphatic hydroxyl groups is 1. The molecule has 0 spiro atoms. The number of pyridine rings is 1. The molecule has 0 aliphatic heterocycles. The van der Waals surface area contributed by atoms with Crippen molar-refractivity contribution in [3.8, 4) is 0 Å². The highest BCUT2D eigenvalue weighted by Crippen LogP contribution is 2.14. The van der Waals surface area contributed by atoms with Crippen molar-refractivity contribution >= 4 is 0 Å². The van der Waals surface area contributed by atoms with E-state index in [1.54, 1.807) is 19.4 Å². The third-order valence-electron chi connectivity index (χ3n) is 3.23. The van der Waals surface area contributed by atoms with Gasteiger partial charge in [-0.15, -0.1) is 6.58 Å². The van der Waals surface area contributed by atoms with Crippen molar-refractivity contribution in [1.29, 1.82) is 0 Å². The summed E-state index contributed by atoms with van der Waals surface area (Å²) in [7, 11) is 1.56. The van der Waals surface area contributed by atoms with Gasteiger partial charge in [-0.1, -0.05) is 30.7 Å². The topological polar surface area (TPSA) is 51.6 Å². The molecule has 21 heavy (non-hydrogen) atoms. The molecular formula is C17H25NO3. The second kappa shape index (κ2) is 9.45. The third-order valence-corrected chi connectivity index (χ3v) is 3.23. The number of hydrogen-bond donors (Lipinski definition) is 1. The number of nitrogens with zero attached hydrogens (tertiary/aromatic N) is 1. The lowest BCUT2D eigenvalue weighted by atomic mass is 9.97. The van der Waals surface area contributed by atoms with Crippen molar-refractivity contribution in [2.24, 2.45) is 5.92 Å². The lowest BCUT2D eigenvalue weighted by Gasteiger charge is -2.22. The van der Waals surface area contributed by atoms with E-state index in [0.29, 0.717) is 13.2 Å². The Morgan fingerprint density at radius 2 is 2.24 bits per heavy atom. The maximum atomic E-state index is 10.1. The Morgan fingerprint density at radius 3 is 2.81 bits per heavy atom. The van der Waals surface area contributed by atoms with Crippen LogP contribution >= 0.6 is 0 Å². The molecule has 0 aliphatic carbocycles. The first-order chi connectivity index (χ1) is 10.1. The lowest BCUT2D eigenvalue weighted by Crippen LogP contribution is -2.31. The van der Waals surface area contributed by atoms with Crippen molar-refractivity contribution in [3.05, 3.63) is 54.4 Å². The van der Waals surface area contributed by atoms with Crippen LogP contribution in [0.2, 0.25) is 0 Å². The number of aliphatic hydroxyl groups excluding tert-OH is 1. The molecule has 0 saturated carbocycles. The van der Waals surface area contributed by atoms with Crippen molar-refractivity contribution < 1.29 is 14.6 Å². The zero-order valence-corrected chi connectivity index (χ0v) is 13.0. The fourth-order valence-corrected chi connectivity index (χ4v) is 2.07. The second-order valence-corrected chi connectivity index (χ2v) is 5.11. The normalized spacial score (nSPS) is 16.3. The van der Waals surface area contributed by atoms with E-state index in [1.807, 2.05) is 38.1 Å². The van der Waals surface area contributed by atoms with E-state index in [2.05, 4.69) is 11.6 Å². The maximum Gasteiger partial charge on any atom is 0.101 e. The summed E-state index contributed by atoms with van der Waals surface area (Å²) < 4.78 is 10.8. The molecule has 4 nitrogen and oxygen atoms in total. The van der Waals surface area contributed by atoms with Gasteiger partial charge in [-0.3, -0.25) is 4.98 Å². The van der Waals surface area contributed by atoms with Gasteiger partial charge in [-0.2, -0.15) is 0 Å². The molecule has 0 bridgehead atoms. The van der Waals surface area contributed by atoms with Gasteiger partial charge in [-0.05, 0) is 19.1 Å². The summed E-state index contributed by atoms with van der Waals surface area (Å²) in [4.78, 5) is 4.20. The number of rotatable bonds is 9. The summed E-state index contributed by atoms with van der Waals surface area (Å²) in [6.07, 6.45) is 4.39. The molecule has 4 heteroatoms. The number of methoxy groups -OCH3 is 1. The fourth-order valence-electron chi connectivity index (χ4n) is 2.07. The number of aromatic nitrogens is 1. The molecule has 1 N–H and O–H groups in total. The molecule has 116 valence electrons. The van der Waals surface area contributed by atoms with E-state index in [0.717, 1.165) is 11.3 Å². The van der Waals surface area contributed by atoms with Crippen LogP contribution in [-0.4, -0.2) is 36.0 Å². The Morgan fingerprint density at radius 1 is 1.48 bits per heavy atom. The molecular weight excluding hydrogens is 266 g/mol. The Bertz CT molecular complexity index is 445. The largest absolute Gasteiger partial charge is 0.389 e. The van der Waals surface area contributed by atoms with E-state index < -0.39 is 6.10 Å². The second-order valence-electron chi connectivity index (χ2n) is 5.11. The molecule has 3 atom stereocenters. The van der Waals surface area contributed by atoms with Gasteiger partial charge < -0.3 is 14.6 Å². The van der Waals surface area contributed by atoms with Crippen LogP contribution in [0.3, 0.4) is 0 Å². The van der Waals surface area contributed by atoms with Crippen LogP contribution in [0.4, 0.5) is 0 Å². The summed E-state index contributed by atoms with van der Waals surface area (Å²) in [6, 6.07) is 5.75. The summed E-state index contributed by atoms with van der Waals surface area (Å²) in [5, 5.41) is 10.1. The van der Waals surface area contributed by atoms with E-state index in [-0.39, 0.29) is 12.0 Å². The molecule has 1 unspecified atom stereocenters. The van der Waals surface area contributed by atoms with Crippen molar-refractivity contribution in [3.63, 3.8) is 0 Å². The highest BCUT2D eigenvalue weighted by Gasteiger charge is 2.20. The standard InChI is InChI=1S/C17H25NO3/c1-5-16(20-4)17(19)14(3)10-13(2)11-21-12-15-8-6-7-9-18-15/h5-10,14,16-17,19H,1,11-12H2,2-4H3/b13-10-/t14-,16?,17+/m1/s1. The van der Waals surface area contributed by atoms with Gasteiger partial charge in [0.1, 0.15) is 6.10 Å². The van der Waals surface area contributed by atoms with Gasteiger partial charge in [-0.25, -0.2) is 0 Å². The molecule has 0 fully saturated rings. The number of ether oxygens (including phenoxy) is 2. The summed E-state index contributed by atoms with van der Waals surface area (Å²) in [6.45, 7) is 8.59. The van der Waals surface area contributed by atoms with Crippen LogP contribution in [0.25, 0.3) is 0 Å². The van der Waals surface area contributed by atoms with Crippen molar-refractivity contribution in [1.82, 2.24) is 4.98 Å². The minimum absolute atomic E-state index is 0.0357. The first kappa shape index (κ1) is 17.6. The fraction of sp³-hybridized carbons (Fsp3) is 0.471. The predicted octanol–water partition coefficient (Wildman–Crippen LogP) is 2.74. The molecule has 1 aromatic rings. The van der Waals surface area contributed by atoms with Gasteiger partial charge in [0.2, 0.25) is 0 Å². The Labute approximate surface area is 127 Å². The van der Waals surface area contributed by atoms with E-state index in [9.17, 15) is 5.11 Å². The van der Waals surface area contributed by atoms with Crippen molar-refractivity contribution in [2.45, 2.75) is 32.7 Å².